The molecule has 5 heteroatoms. The second kappa shape index (κ2) is 6.83. The Hall–Kier alpha value is -2.04. The number of benzene rings is 2. The molecule has 0 unspecified atom stereocenters. The van der Waals surface area contributed by atoms with E-state index >= 15 is 0 Å². The van der Waals surface area contributed by atoms with E-state index in [-0.39, 0.29) is 12.5 Å². The highest BCUT2D eigenvalue weighted by Crippen LogP contribution is 2.49. The molecule has 24 heavy (non-hydrogen) atoms. The van der Waals surface area contributed by atoms with Gasteiger partial charge in [0.1, 0.15) is 0 Å². The van der Waals surface area contributed by atoms with Crippen molar-refractivity contribution in [3.05, 3.63) is 59.1 Å². The maximum Gasteiger partial charge on any atom is 0.235 e. The highest BCUT2D eigenvalue weighted by Gasteiger charge is 2.51. The zero-order valence-electron chi connectivity index (χ0n) is 13.6. The first-order valence-corrected chi connectivity index (χ1v) is 8.42. The summed E-state index contributed by atoms with van der Waals surface area (Å²) in [5, 5.41) is 12.7. The van der Waals surface area contributed by atoms with Crippen LogP contribution in [0.5, 0.6) is 0 Å². The Bertz CT molecular complexity index is 709. The average Bonchev–Trinajstić information content (AvgIpc) is 3.38. The van der Waals surface area contributed by atoms with Crippen LogP contribution < -0.4 is 10.2 Å². The molecule has 1 saturated carbocycles. The lowest BCUT2D eigenvalue weighted by molar-refractivity contribution is -0.118. The lowest BCUT2D eigenvalue weighted by Gasteiger charge is -2.19. The van der Waals surface area contributed by atoms with Crippen LogP contribution >= 0.6 is 11.6 Å². The first-order chi connectivity index (χ1) is 11.5. The first-order valence-electron chi connectivity index (χ1n) is 8.05. The summed E-state index contributed by atoms with van der Waals surface area (Å²) in [7, 11) is 1.92. The van der Waals surface area contributed by atoms with Crippen LogP contribution in [0.1, 0.15) is 18.4 Å². The van der Waals surface area contributed by atoms with E-state index in [0.717, 1.165) is 29.8 Å². The van der Waals surface area contributed by atoms with Gasteiger partial charge in [-0.3, -0.25) is 4.79 Å². The number of likely N-dealkylation sites (N-methyl/N-ethyl adjacent to an activating group) is 1. The number of anilines is 2. The van der Waals surface area contributed by atoms with Gasteiger partial charge < -0.3 is 15.3 Å². The molecule has 0 saturated heterocycles. The van der Waals surface area contributed by atoms with Gasteiger partial charge in [-0.2, -0.15) is 0 Å². The van der Waals surface area contributed by atoms with Gasteiger partial charge >= 0.3 is 0 Å². The predicted octanol–water partition coefficient (Wildman–Crippen LogP) is 3.44. The third-order valence-electron chi connectivity index (χ3n) is 4.58. The largest absolute Gasteiger partial charge is 0.395 e. The number of aliphatic hydroxyl groups excluding tert-OH is 1. The van der Waals surface area contributed by atoms with E-state index < -0.39 is 5.41 Å². The molecule has 1 aliphatic rings. The van der Waals surface area contributed by atoms with Gasteiger partial charge in [-0.05, 0) is 54.8 Å². The van der Waals surface area contributed by atoms with Crippen molar-refractivity contribution in [1.82, 2.24) is 0 Å². The van der Waals surface area contributed by atoms with Crippen molar-refractivity contribution >= 4 is 28.9 Å². The number of hydrogen-bond donors (Lipinski definition) is 2. The zero-order chi connectivity index (χ0) is 17.2. The summed E-state index contributed by atoms with van der Waals surface area (Å²) >= 11 is 5.93. The molecule has 0 heterocycles. The number of rotatable bonds is 6. The summed E-state index contributed by atoms with van der Waals surface area (Å²) < 4.78 is 0. The van der Waals surface area contributed by atoms with Gasteiger partial charge in [-0.1, -0.05) is 23.7 Å². The number of carbonyl (C=O) groups is 1. The summed E-state index contributed by atoms with van der Waals surface area (Å²) in [6.07, 6.45) is 1.72. The van der Waals surface area contributed by atoms with Crippen LogP contribution in [0.4, 0.5) is 11.4 Å². The third-order valence-corrected chi connectivity index (χ3v) is 4.83. The van der Waals surface area contributed by atoms with E-state index in [4.69, 9.17) is 16.7 Å². The number of aliphatic hydroxyl groups is 1. The van der Waals surface area contributed by atoms with Crippen molar-refractivity contribution in [3.63, 3.8) is 0 Å². The summed E-state index contributed by atoms with van der Waals surface area (Å²) in [4.78, 5) is 14.7. The summed E-state index contributed by atoms with van der Waals surface area (Å²) in [6, 6.07) is 15.2. The van der Waals surface area contributed by atoms with Gasteiger partial charge in [0, 0.05) is 30.0 Å². The molecule has 126 valence electrons. The molecule has 1 fully saturated rings. The minimum absolute atomic E-state index is 0.0290. The Morgan fingerprint density at radius 2 is 1.79 bits per heavy atom. The van der Waals surface area contributed by atoms with E-state index in [1.807, 2.05) is 60.5 Å². The molecule has 4 nitrogen and oxygen atoms in total. The molecule has 0 aliphatic heterocycles. The second-order valence-corrected chi connectivity index (χ2v) is 6.67. The lowest BCUT2D eigenvalue weighted by Crippen LogP contribution is -2.27. The lowest BCUT2D eigenvalue weighted by atomic mass is 9.95. The second-order valence-electron chi connectivity index (χ2n) is 6.24. The van der Waals surface area contributed by atoms with E-state index in [9.17, 15) is 4.79 Å². The summed E-state index contributed by atoms with van der Waals surface area (Å²) in [5.74, 6) is 0.0290. The molecule has 1 aliphatic carbocycles. The summed E-state index contributed by atoms with van der Waals surface area (Å²) in [6.45, 7) is 0.685. The van der Waals surface area contributed by atoms with Crippen LogP contribution in [0, 0.1) is 0 Å². The highest BCUT2D eigenvalue weighted by molar-refractivity contribution is 6.30. The monoisotopic (exact) mass is 344 g/mol. The van der Waals surface area contributed by atoms with Crippen LogP contribution in [0.2, 0.25) is 5.02 Å². The molecule has 2 aromatic rings. The number of nitrogens with zero attached hydrogens (tertiary/aromatic N) is 1. The Kier molecular flexibility index (Phi) is 4.78. The molecule has 0 radical (unpaired) electrons. The number of hydrogen-bond acceptors (Lipinski definition) is 3. The predicted molar refractivity (Wildman–Crippen MR) is 97.8 cm³/mol. The minimum Gasteiger partial charge on any atom is -0.395 e. The maximum atomic E-state index is 12.7. The SMILES string of the molecule is CN(CCO)c1ccc(NC(=O)C2(c3ccc(Cl)cc3)CC2)cc1. The number of amides is 1. The molecular weight excluding hydrogens is 324 g/mol. The Morgan fingerprint density at radius 3 is 2.33 bits per heavy atom. The van der Waals surface area contributed by atoms with Gasteiger partial charge in [0.05, 0.1) is 12.0 Å². The molecule has 2 N–H and O–H groups in total. The minimum atomic E-state index is -0.420. The van der Waals surface area contributed by atoms with E-state index in [2.05, 4.69) is 5.32 Å². The van der Waals surface area contributed by atoms with E-state index in [1.165, 1.54) is 0 Å². The number of nitrogens with one attached hydrogen (secondary N) is 1. The Balaban J connectivity index is 1.69. The molecule has 2 aromatic carbocycles. The smallest absolute Gasteiger partial charge is 0.235 e. The fourth-order valence-corrected chi connectivity index (χ4v) is 3.00. The van der Waals surface area contributed by atoms with E-state index in [1.54, 1.807) is 0 Å². The first kappa shape index (κ1) is 16.8. The third kappa shape index (κ3) is 3.40. The molecule has 1 amide bonds. The van der Waals surface area contributed by atoms with Crippen molar-refractivity contribution in [2.45, 2.75) is 18.3 Å². The topological polar surface area (TPSA) is 52.6 Å². The summed E-state index contributed by atoms with van der Waals surface area (Å²) in [5.41, 5.74) is 2.38. The van der Waals surface area contributed by atoms with Crippen LogP contribution in [0.25, 0.3) is 0 Å². The van der Waals surface area contributed by atoms with Crippen molar-refractivity contribution in [1.29, 1.82) is 0 Å². The van der Waals surface area contributed by atoms with Crippen LogP contribution in [0.15, 0.2) is 48.5 Å². The molecule has 0 aromatic heterocycles. The normalized spacial score (nSPS) is 15.0. The Morgan fingerprint density at radius 1 is 1.17 bits per heavy atom. The van der Waals surface area contributed by atoms with Crippen molar-refractivity contribution in [2.24, 2.45) is 0 Å². The zero-order valence-corrected chi connectivity index (χ0v) is 14.4. The fraction of sp³-hybridized carbons (Fsp3) is 0.316. The fourth-order valence-electron chi connectivity index (χ4n) is 2.87. The maximum absolute atomic E-state index is 12.7. The van der Waals surface area contributed by atoms with Gasteiger partial charge in [0.2, 0.25) is 5.91 Å². The molecule has 0 bridgehead atoms. The van der Waals surface area contributed by atoms with E-state index in [0.29, 0.717) is 11.6 Å². The van der Waals surface area contributed by atoms with Gasteiger partial charge in [0.15, 0.2) is 0 Å². The van der Waals surface area contributed by atoms with Crippen LogP contribution in [0.3, 0.4) is 0 Å². The van der Waals surface area contributed by atoms with Gasteiger partial charge in [-0.25, -0.2) is 0 Å². The van der Waals surface area contributed by atoms with Gasteiger partial charge in [-0.15, -0.1) is 0 Å². The Labute approximate surface area is 147 Å². The van der Waals surface area contributed by atoms with Crippen LogP contribution in [-0.4, -0.2) is 31.2 Å². The van der Waals surface area contributed by atoms with Crippen LogP contribution in [-0.2, 0) is 10.2 Å². The molecular formula is C19H21ClN2O2. The number of carbonyl (C=O) groups excluding carboxylic acids is 1. The molecule has 0 atom stereocenters. The van der Waals surface area contributed by atoms with Crippen molar-refractivity contribution in [3.8, 4) is 0 Å². The van der Waals surface area contributed by atoms with Gasteiger partial charge in [0.25, 0.3) is 0 Å². The van der Waals surface area contributed by atoms with Crippen molar-refractivity contribution in [2.75, 3.05) is 30.4 Å². The van der Waals surface area contributed by atoms with Crippen molar-refractivity contribution < 1.29 is 9.90 Å². The standard InChI is InChI=1S/C19H21ClN2O2/c1-22(12-13-23)17-8-6-16(7-9-17)21-18(24)19(10-11-19)14-2-4-15(20)5-3-14/h2-9,23H,10-13H2,1H3,(H,21,24). The molecule has 0 spiro atoms. The quantitative estimate of drug-likeness (QED) is 0.844. The molecule has 3 rings (SSSR count). The average molecular weight is 345 g/mol. The number of halogens is 1. The highest BCUT2D eigenvalue weighted by atomic mass is 35.5.